The molecule has 0 heterocycles. The summed E-state index contributed by atoms with van der Waals surface area (Å²) in [5.41, 5.74) is 2.17. The molecule has 0 aromatic heterocycles. The summed E-state index contributed by atoms with van der Waals surface area (Å²) in [6, 6.07) is 23.9. The minimum absolute atomic E-state index is 0.0390. The number of carbonyl (C=O) groups is 1. The van der Waals surface area contributed by atoms with Crippen LogP contribution < -0.4 is 19.5 Å². The number of amides is 1. The van der Waals surface area contributed by atoms with E-state index in [0.29, 0.717) is 35.1 Å². The molecule has 0 unspecified atom stereocenters. The van der Waals surface area contributed by atoms with Crippen LogP contribution in [0.2, 0.25) is 0 Å². The molecule has 6 heteroatoms. The summed E-state index contributed by atoms with van der Waals surface area (Å²) in [7, 11) is 3.08. The van der Waals surface area contributed by atoms with Gasteiger partial charge in [-0.2, -0.15) is 5.26 Å². The van der Waals surface area contributed by atoms with Crippen molar-refractivity contribution in [3.63, 3.8) is 0 Å². The van der Waals surface area contributed by atoms with E-state index in [-0.39, 0.29) is 5.57 Å². The Bertz CT molecular complexity index is 1120. The average molecular weight is 414 g/mol. The first-order valence-electron chi connectivity index (χ1n) is 9.55. The molecule has 0 saturated heterocycles. The monoisotopic (exact) mass is 414 g/mol. The SMILES string of the molecule is COc1cccc(NC(=O)/C(C#N)=C\c2ccc(OCc3ccccc3)c(OC)c2)c1. The van der Waals surface area contributed by atoms with Gasteiger partial charge in [0.1, 0.15) is 24.0 Å². The summed E-state index contributed by atoms with van der Waals surface area (Å²) < 4.78 is 16.4. The molecule has 156 valence electrons. The van der Waals surface area contributed by atoms with E-state index in [4.69, 9.17) is 14.2 Å². The van der Waals surface area contributed by atoms with E-state index >= 15 is 0 Å². The lowest BCUT2D eigenvalue weighted by atomic mass is 10.1. The lowest BCUT2D eigenvalue weighted by Crippen LogP contribution is -2.13. The van der Waals surface area contributed by atoms with Gasteiger partial charge in [0.25, 0.3) is 5.91 Å². The number of methoxy groups -OCH3 is 2. The number of hydrogen-bond acceptors (Lipinski definition) is 5. The van der Waals surface area contributed by atoms with Gasteiger partial charge < -0.3 is 19.5 Å². The first kappa shape index (κ1) is 21.5. The minimum atomic E-state index is -0.515. The second kappa shape index (κ2) is 10.5. The Morgan fingerprint density at radius 3 is 2.48 bits per heavy atom. The number of nitrogens with zero attached hydrogens (tertiary/aromatic N) is 1. The molecule has 0 radical (unpaired) electrons. The fourth-order valence-corrected chi connectivity index (χ4v) is 2.84. The van der Waals surface area contributed by atoms with E-state index in [1.54, 1.807) is 56.7 Å². The van der Waals surface area contributed by atoms with Crippen molar-refractivity contribution in [1.29, 1.82) is 5.26 Å². The van der Waals surface area contributed by atoms with Crippen LogP contribution in [0.4, 0.5) is 5.69 Å². The largest absolute Gasteiger partial charge is 0.497 e. The molecule has 6 nitrogen and oxygen atoms in total. The summed E-state index contributed by atoms with van der Waals surface area (Å²) in [4.78, 5) is 12.5. The number of benzene rings is 3. The first-order valence-corrected chi connectivity index (χ1v) is 9.55. The number of anilines is 1. The molecule has 3 rings (SSSR count). The summed E-state index contributed by atoms with van der Waals surface area (Å²) in [6.07, 6.45) is 1.50. The topological polar surface area (TPSA) is 80.6 Å². The molecule has 3 aromatic carbocycles. The molecule has 0 fully saturated rings. The van der Waals surface area contributed by atoms with Gasteiger partial charge >= 0.3 is 0 Å². The van der Waals surface area contributed by atoms with Crippen LogP contribution in [0.15, 0.2) is 78.4 Å². The lowest BCUT2D eigenvalue weighted by molar-refractivity contribution is -0.112. The molecule has 0 atom stereocenters. The van der Waals surface area contributed by atoms with Crippen LogP contribution in [0.3, 0.4) is 0 Å². The van der Waals surface area contributed by atoms with Gasteiger partial charge in [-0.05, 0) is 41.5 Å². The normalized spacial score (nSPS) is 10.7. The van der Waals surface area contributed by atoms with Gasteiger partial charge in [0, 0.05) is 11.8 Å². The van der Waals surface area contributed by atoms with Gasteiger partial charge in [-0.3, -0.25) is 4.79 Å². The molecular weight excluding hydrogens is 392 g/mol. The zero-order valence-electron chi connectivity index (χ0n) is 17.3. The summed E-state index contributed by atoms with van der Waals surface area (Å²) in [6.45, 7) is 0.402. The van der Waals surface area contributed by atoms with Crippen molar-refractivity contribution < 1.29 is 19.0 Å². The molecule has 0 aliphatic rings. The molecule has 1 amide bonds. The molecule has 3 aromatic rings. The van der Waals surface area contributed by atoms with Gasteiger partial charge in [-0.25, -0.2) is 0 Å². The van der Waals surface area contributed by atoms with E-state index in [2.05, 4.69) is 5.32 Å². The number of nitriles is 1. The third-order valence-corrected chi connectivity index (χ3v) is 4.43. The Labute approximate surface area is 181 Å². The quantitative estimate of drug-likeness (QED) is 0.422. The molecule has 1 N–H and O–H groups in total. The standard InChI is InChI=1S/C25H22N2O4/c1-29-22-10-6-9-21(15-22)27-25(28)20(16-26)13-19-11-12-23(24(14-19)30-2)31-17-18-7-4-3-5-8-18/h3-15H,17H2,1-2H3,(H,27,28)/b20-13-. The Kier molecular flexibility index (Phi) is 7.28. The summed E-state index contributed by atoms with van der Waals surface area (Å²) >= 11 is 0. The molecule has 0 bridgehead atoms. The molecule has 31 heavy (non-hydrogen) atoms. The fourth-order valence-electron chi connectivity index (χ4n) is 2.84. The van der Waals surface area contributed by atoms with Crippen molar-refractivity contribution in [2.24, 2.45) is 0 Å². The van der Waals surface area contributed by atoms with Crippen molar-refractivity contribution in [3.8, 4) is 23.3 Å². The van der Waals surface area contributed by atoms with E-state index in [9.17, 15) is 10.1 Å². The second-order valence-electron chi connectivity index (χ2n) is 6.54. The third-order valence-electron chi connectivity index (χ3n) is 4.43. The number of ether oxygens (including phenoxy) is 3. The minimum Gasteiger partial charge on any atom is -0.497 e. The van der Waals surface area contributed by atoms with Crippen LogP contribution in [-0.2, 0) is 11.4 Å². The smallest absolute Gasteiger partial charge is 0.266 e. The Balaban J connectivity index is 1.75. The maximum Gasteiger partial charge on any atom is 0.266 e. The third kappa shape index (κ3) is 5.87. The highest BCUT2D eigenvalue weighted by Gasteiger charge is 2.12. The predicted molar refractivity (Wildman–Crippen MR) is 119 cm³/mol. The lowest BCUT2D eigenvalue weighted by Gasteiger charge is -2.11. The van der Waals surface area contributed by atoms with Gasteiger partial charge in [0.05, 0.1) is 14.2 Å². The maximum absolute atomic E-state index is 12.5. The van der Waals surface area contributed by atoms with Crippen molar-refractivity contribution in [2.45, 2.75) is 6.61 Å². The van der Waals surface area contributed by atoms with Crippen molar-refractivity contribution in [1.82, 2.24) is 0 Å². The number of carbonyl (C=O) groups excluding carboxylic acids is 1. The van der Waals surface area contributed by atoms with Crippen LogP contribution in [0.5, 0.6) is 17.2 Å². The van der Waals surface area contributed by atoms with Gasteiger partial charge in [-0.1, -0.05) is 42.5 Å². The zero-order valence-corrected chi connectivity index (χ0v) is 17.3. The highest BCUT2D eigenvalue weighted by molar-refractivity contribution is 6.09. The number of rotatable bonds is 8. The molecule has 0 spiro atoms. The average Bonchev–Trinajstić information content (AvgIpc) is 2.82. The van der Waals surface area contributed by atoms with Crippen LogP contribution in [0, 0.1) is 11.3 Å². The van der Waals surface area contributed by atoms with E-state index < -0.39 is 5.91 Å². The Hall–Kier alpha value is -4.24. The van der Waals surface area contributed by atoms with Crippen LogP contribution >= 0.6 is 0 Å². The van der Waals surface area contributed by atoms with Crippen molar-refractivity contribution >= 4 is 17.7 Å². The Morgan fingerprint density at radius 2 is 1.77 bits per heavy atom. The predicted octanol–water partition coefficient (Wildman–Crippen LogP) is 4.83. The molecule has 0 aliphatic carbocycles. The van der Waals surface area contributed by atoms with Crippen LogP contribution in [-0.4, -0.2) is 20.1 Å². The fraction of sp³-hybridized carbons (Fsp3) is 0.120. The van der Waals surface area contributed by atoms with Gasteiger partial charge in [0.15, 0.2) is 11.5 Å². The first-order chi connectivity index (χ1) is 15.1. The summed E-state index contributed by atoms with van der Waals surface area (Å²) in [5.74, 6) is 1.17. The van der Waals surface area contributed by atoms with E-state index in [1.807, 2.05) is 36.4 Å². The Morgan fingerprint density at radius 1 is 0.968 bits per heavy atom. The van der Waals surface area contributed by atoms with Gasteiger partial charge in [0.2, 0.25) is 0 Å². The van der Waals surface area contributed by atoms with Crippen LogP contribution in [0.1, 0.15) is 11.1 Å². The second-order valence-corrected chi connectivity index (χ2v) is 6.54. The molecular formula is C25H22N2O4. The number of nitrogens with one attached hydrogen (secondary N) is 1. The molecule has 0 saturated carbocycles. The van der Waals surface area contributed by atoms with E-state index in [1.165, 1.54) is 6.08 Å². The number of hydrogen-bond donors (Lipinski definition) is 1. The zero-order chi connectivity index (χ0) is 22.1. The highest BCUT2D eigenvalue weighted by atomic mass is 16.5. The van der Waals surface area contributed by atoms with Crippen LogP contribution in [0.25, 0.3) is 6.08 Å². The summed E-state index contributed by atoms with van der Waals surface area (Å²) in [5, 5.41) is 12.2. The molecule has 0 aliphatic heterocycles. The van der Waals surface area contributed by atoms with Gasteiger partial charge in [-0.15, -0.1) is 0 Å². The van der Waals surface area contributed by atoms with E-state index in [0.717, 1.165) is 5.56 Å². The van der Waals surface area contributed by atoms with Crippen molar-refractivity contribution in [3.05, 3.63) is 89.5 Å². The maximum atomic E-state index is 12.5. The van der Waals surface area contributed by atoms with Crippen molar-refractivity contribution in [2.75, 3.05) is 19.5 Å². The highest BCUT2D eigenvalue weighted by Crippen LogP contribution is 2.30.